The van der Waals surface area contributed by atoms with Crippen molar-refractivity contribution in [3.8, 4) is 17.4 Å². The zero-order valence-electron chi connectivity index (χ0n) is 19.9. The Bertz CT molecular complexity index is 1280. The van der Waals surface area contributed by atoms with E-state index >= 15 is 0 Å². The third-order valence-electron chi connectivity index (χ3n) is 6.08. The van der Waals surface area contributed by atoms with Crippen LogP contribution in [-0.4, -0.2) is 67.5 Å². The number of benzene rings is 1. The van der Waals surface area contributed by atoms with Crippen molar-refractivity contribution in [1.82, 2.24) is 30.0 Å². The number of likely N-dealkylation sites (tertiary alicyclic amines) is 1. The number of aromatic amines is 1. The van der Waals surface area contributed by atoms with Gasteiger partial charge in [-0.1, -0.05) is 0 Å². The number of piperidine rings is 1. The number of aromatic nitrogens is 5. The van der Waals surface area contributed by atoms with E-state index < -0.39 is 0 Å². The van der Waals surface area contributed by atoms with Gasteiger partial charge in [-0.2, -0.15) is 0 Å². The molecular formula is C25H29N7O3. The Morgan fingerprint density at radius 2 is 1.97 bits per heavy atom. The van der Waals surface area contributed by atoms with Crippen molar-refractivity contribution in [2.24, 2.45) is 0 Å². The van der Waals surface area contributed by atoms with Crippen LogP contribution in [-0.2, 0) is 0 Å². The first-order chi connectivity index (χ1) is 17.0. The molecule has 0 amide bonds. The van der Waals surface area contributed by atoms with Gasteiger partial charge in [0, 0.05) is 31.0 Å². The molecule has 0 bridgehead atoms. The molecule has 1 aromatic carbocycles. The van der Waals surface area contributed by atoms with Crippen molar-refractivity contribution in [1.29, 1.82) is 0 Å². The van der Waals surface area contributed by atoms with Crippen LogP contribution in [0.3, 0.4) is 0 Å². The summed E-state index contributed by atoms with van der Waals surface area (Å²) >= 11 is 0. The molecule has 3 aromatic heterocycles. The summed E-state index contributed by atoms with van der Waals surface area (Å²) in [5.74, 6) is 2.52. The highest BCUT2D eigenvalue weighted by Crippen LogP contribution is 2.32. The first-order valence-corrected chi connectivity index (χ1v) is 11.8. The van der Waals surface area contributed by atoms with Gasteiger partial charge in [0.05, 0.1) is 12.3 Å². The van der Waals surface area contributed by atoms with Crippen LogP contribution in [0.15, 0.2) is 42.9 Å². The van der Waals surface area contributed by atoms with Gasteiger partial charge in [-0.05, 0) is 62.6 Å². The fourth-order valence-electron chi connectivity index (χ4n) is 4.07. The van der Waals surface area contributed by atoms with Crippen molar-refractivity contribution < 1.29 is 14.6 Å². The van der Waals surface area contributed by atoms with Crippen molar-refractivity contribution >= 4 is 22.5 Å². The summed E-state index contributed by atoms with van der Waals surface area (Å²) in [6.45, 7) is 6.95. The second kappa shape index (κ2) is 10.2. The van der Waals surface area contributed by atoms with E-state index in [1.807, 2.05) is 44.2 Å². The SMILES string of the molecule is Cc1ccc(Oc2ccc(Nc3ncnc4[nH]nc(OCCN5CCC(O)CC5)c34)cc2C)cn1. The lowest BCUT2D eigenvalue weighted by atomic mass is 10.1. The van der Waals surface area contributed by atoms with Crippen LogP contribution in [0.2, 0.25) is 0 Å². The average molecular weight is 476 g/mol. The summed E-state index contributed by atoms with van der Waals surface area (Å²) in [5.41, 5.74) is 3.37. The second-order valence-corrected chi connectivity index (χ2v) is 8.74. The van der Waals surface area contributed by atoms with E-state index in [2.05, 4.69) is 35.4 Å². The van der Waals surface area contributed by atoms with Gasteiger partial charge in [0.1, 0.15) is 35.6 Å². The van der Waals surface area contributed by atoms with Crippen molar-refractivity contribution in [3.63, 3.8) is 0 Å². The smallest absolute Gasteiger partial charge is 0.246 e. The summed E-state index contributed by atoms with van der Waals surface area (Å²) in [5, 5.41) is 21.0. The number of anilines is 2. The number of fused-ring (bicyclic) bond motifs is 1. The molecule has 4 aromatic rings. The van der Waals surface area contributed by atoms with Gasteiger partial charge < -0.3 is 19.9 Å². The van der Waals surface area contributed by atoms with Gasteiger partial charge in [-0.25, -0.2) is 9.97 Å². The summed E-state index contributed by atoms with van der Waals surface area (Å²) in [6, 6.07) is 9.67. The van der Waals surface area contributed by atoms with E-state index in [-0.39, 0.29) is 6.10 Å². The number of nitrogens with one attached hydrogen (secondary N) is 2. The van der Waals surface area contributed by atoms with Crippen molar-refractivity contribution in [3.05, 3.63) is 54.1 Å². The van der Waals surface area contributed by atoms with Gasteiger partial charge in [0.2, 0.25) is 5.88 Å². The minimum atomic E-state index is -0.183. The van der Waals surface area contributed by atoms with E-state index in [0.717, 1.165) is 55.2 Å². The van der Waals surface area contributed by atoms with Gasteiger partial charge >= 0.3 is 0 Å². The number of aliphatic hydroxyl groups excluding tert-OH is 1. The highest BCUT2D eigenvalue weighted by atomic mass is 16.5. The molecule has 1 saturated heterocycles. The Morgan fingerprint density at radius 3 is 2.74 bits per heavy atom. The second-order valence-electron chi connectivity index (χ2n) is 8.74. The van der Waals surface area contributed by atoms with E-state index in [9.17, 15) is 5.11 Å². The zero-order valence-corrected chi connectivity index (χ0v) is 19.9. The summed E-state index contributed by atoms with van der Waals surface area (Å²) in [4.78, 5) is 15.3. The molecule has 10 nitrogen and oxygen atoms in total. The van der Waals surface area contributed by atoms with Crippen LogP contribution in [0.25, 0.3) is 11.0 Å². The first-order valence-electron chi connectivity index (χ1n) is 11.8. The molecule has 1 fully saturated rings. The van der Waals surface area contributed by atoms with Crippen LogP contribution in [0.1, 0.15) is 24.1 Å². The molecule has 4 heterocycles. The topological polar surface area (TPSA) is 121 Å². The minimum Gasteiger partial charge on any atom is -0.475 e. The summed E-state index contributed by atoms with van der Waals surface area (Å²) < 4.78 is 12.0. The normalized spacial score (nSPS) is 14.8. The van der Waals surface area contributed by atoms with Crippen LogP contribution >= 0.6 is 0 Å². The Morgan fingerprint density at radius 1 is 1.11 bits per heavy atom. The van der Waals surface area contributed by atoms with Crippen LogP contribution in [0, 0.1) is 13.8 Å². The Balaban J connectivity index is 1.28. The Hall–Kier alpha value is -3.76. The maximum atomic E-state index is 9.68. The number of hydrogen-bond acceptors (Lipinski definition) is 9. The predicted molar refractivity (Wildman–Crippen MR) is 132 cm³/mol. The third-order valence-corrected chi connectivity index (χ3v) is 6.08. The van der Waals surface area contributed by atoms with Gasteiger partial charge in [0.25, 0.3) is 0 Å². The zero-order chi connectivity index (χ0) is 24.2. The predicted octanol–water partition coefficient (Wildman–Crippen LogP) is 3.74. The van der Waals surface area contributed by atoms with Crippen molar-refractivity contribution in [2.75, 3.05) is 31.6 Å². The fourth-order valence-corrected chi connectivity index (χ4v) is 4.07. The maximum Gasteiger partial charge on any atom is 0.246 e. The fraction of sp³-hybridized carbons (Fsp3) is 0.360. The number of aryl methyl sites for hydroxylation is 2. The molecule has 1 aliphatic rings. The summed E-state index contributed by atoms with van der Waals surface area (Å²) in [6.07, 6.45) is 4.63. The number of ether oxygens (including phenoxy) is 2. The first kappa shape index (κ1) is 23.0. The minimum absolute atomic E-state index is 0.183. The number of rotatable bonds is 8. The molecule has 0 spiro atoms. The van der Waals surface area contributed by atoms with Gasteiger partial charge in [0.15, 0.2) is 5.65 Å². The molecule has 0 radical (unpaired) electrons. The lowest BCUT2D eigenvalue weighted by molar-refractivity contribution is 0.0752. The van der Waals surface area contributed by atoms with Gasteiger partial charge in [-0.15, -0.1) is 5.10 Å². The van der Waals surface area contributed by atoms with E-state index in [4.69, 9.17) is 9.47 Å². The standard InChI is InChI=1S/C25H29N7O3/c1-16-13-18(4-6-21(16)35-20-5-3-17(2)26-14-20)29-23-22-24(28-15-27-23)30-31-25(22)34-12-11-32-9-7-19(33)8-10-32/h3-6,13-15,19,33H,7-12H2,1-2H3,(H2,27,28,29,30,31). The number of hydrogen-bond donors (Lipinski definition) is 3. The molecule has 0 aliphatic carbocycles. The van der Waals surface area contributed by atoms with Crippen molar-refractivity contribution in [2.45, 2.75) is 32.8 Å². The maximum absolute atomic E-state index is 9.68. The monoisotopic (exact) mass is 475 g/mol. The third kappa shape index (κ3) is 5.50. The largest absolute Gasteiger partial charge is 0.475 e. The summed E-state index contributed by atoms with van der Waals surface area (Å²) in [7, 11) is 0. The molecule has 5 rings (SSSR count). The highest BCUT2D eigenvalue weighted by molar-refractivity contribution is 5.92. The quantitative estimate of drug-likeness (QED) is 0.350. The molecule has 0 unspecified atom stereocenters. The number of nitrogens with zero attached hydrogens (tertiary/aromatic N) is 5. The van der Waals surface area contributed by atoms with E-state index in [1.165, 1.54) is 6.33 Å². The number of pyridine rings is 1. The molecule has 1 aliphatic heterocycles. The Kier molecular flexibility index (Phi) is 6.73. The lowest BCUT2D eigenvalue weighted by Gasteiger charge is -2.29. The van der Waals surface area contributed by atoms with Crippen LogP contribution < -0.4 is 14.8 Å². The van der Waals surface area contributed by atoms with E-state index in [1.54, 1.807) is 6.20 Å². The highest BCUT2D eigenvalue weighted by Gasteiger charge is 2.18. The lowest BCUT2D eigenvalue weighted by Crippen LogP contribution is -2.38. The van der Waals surface area contributed by atoms with Crippen LogP contribution in [0.5, 0.6) is 17.4 Å². The molecule has 0 atom stereocenters. The average Bonchev–Trinajstić information content (AvgIpc) is 3.27. The molecule has 10 heteroatoms. The van der Waals surface area contributed by atoms with Crippen LogP contribution in [0.4, 0.5) is 11.5 Å². The van der Waals surface area contributed by atoms with E-state index in [0.29, 0.717) is 35.1 Å². The van der Waals surface area contributed by atoms with Gasteiger partial charge in [-0.3, -0.25) is 15.0 Å². The Labute approximate surface area is 203 Å². The molecule has 3 N–H and O–H groups in total. The number of H-pyrrole nitrogens is 1. The number of aliphatic hydroxyl groups is 1. The molecule has 0 saturated carbocycles. The molecular weight excluding hydrogens is 446 g/mol. The molecule has 35 heavy (non-hydrogen) atoms. The molecule has 182 valence electrons.